The zero-order chi connectivity index (χ0) is 8.85. The van der Waals surface area contributed by atoms with Crippen LogP contribution in [-0.2, 0) is 0 Å². The van der Waals surface area contributed by atoms with E-state index in [1.165, 1.54) is 10.2 Å². The predicted molar refractivity (Wildman–Crippen MR) is 42.1 cm³/mol. The fraction of sp³-hybridized carbons (Fsp3) is 0.143. The number of benzene rings is 1. The summed E-state index contributed by atoms with van der Waals surface area (Å²) in [5.74, 6) is -3.73. The summed E-state index contributed by atoms with van der Waals surface area (Å²) in [4.78, 5) is 0. The molecule has 0 saturated heterocycles. The Morgan fingerprint density at radius 1 is 1.00 bits per heavy atom. The average molecular weight is 178 g/mol. The van der Waals surface area contributed by atoms with Gasteiger partial charge >= 0.3 is 0 Å². The first-order valence-corrected chi connectivity index (χ1v) is 5.31. The molecule has 0 aliphatic heterocycles. The minimum Gasteiger partial charge on any atom is -0.204 e. The van der Waals surface area contributed by atoms with Gasteiger partial charge in [0.05, 0.1) is 0 Å². The Bertz CT molecular complexity index is 205. The number of hydrogen-bond donors (Lipinski definition) is 0. The van der Waals surface area contributed by atoms with E-state index < -0.39 is 17.5 Å². The molecule has 0 spiro atoms. The van der Waals surface area contributed by atoms with Gasteiger partial charge in [0, 0.05) is 0 Å². The smallest absolute Gasteiger partial charge is 0.194 e. The highest BCUT2D eigenvalue weighted by atomic mass is 28.1. The van der Waals surface area contributed by atoms with Gasteiger partial charge in [-0.05, 0) is 22.4 Å². The highest BCUT2D eigenvalue weighted by molar-refractivity contribution is 6.05. The molecule has 0 saturated carbocycles. The van der Waals surface area contributed by atoms with E-state index in [4.69, 9.17) is 0 Å². The van der Waals surface area contributed by atoms with Gasteiger partial charge in [0.25, 0.3) is 0 Å². The van der Waals surface area contributed by atoms with Crippen LogP contribution in [0.5, 0.6) is 0 Å². The van der Waals surface area contributed by atoms with Gasteiger partial charge < -0.3 is 0 Å². The standard InChI is InChI=1S/C6H3F3.CH6Si/c7-4-2-1-3-5(8)6(4)9;1-2/h1-3H;1-2H3. The van der Waals surface area contributed by atoms with Crippen molar-refractivity contribution in [2.24, 2.45) is 0 Å². The van der Waals surface area contributed by atoms with E-state index in [0.717, 1.165) is 18.2 Å². The summed E-state index contributed by atoms with van der Waals surface area (Å²) in [5, 5.41) is 0. The summed E-state index contributed by atoms with van der Waals surface area (Å²) in [6.07, 6.45) is 0. The van der Waals surface area contributed by atoms with Crippen molar-refractivity contribution in [3.8, 4) is 0 Å². The lowest BCUT2D eigenvalue weighted by Gasteiger charge is -1.90. The van der Waals surface area contributed by atoms with Crippen LogP contribution in [0.4, 0.5) is 13.2 Å². The fourth-order valence-electron chi connectivity index (χ4n) is 0.477. The molecular formula is C7H9F3Si. The van der Waals surface area contributed by atoms with Crippen molar-refractivity contribution in [2.75, 3.05) is 0 Å². The van der Waals surface area contributed by atoms with Crippen LogP contribution in [0.3, 0.4) is 0 Å². The Kier molecular flexibility index (Phi) is 4.61. The van der Waals surface area contributed by atoms with Crippen molar-refractivity contribution in [2.45, 2.75) is 6.55 Å². The van der Waals surface area contributed by atoms with Crippen molar-refractivity contribution in [3.63, 3.8) is 0 Å². The number of hydrogen-bond acceptors (Lipinski definition) is 0. The highest BCUT2D eigenvalue weighted by Crippen LogP contribution is 2.07. The van der Waals surface area contributed by atoms with Crippen molar-refractivity contribution in [3.05, 3.63) is 35.7 Å². The molecule has 11 heavy (non-hydrogen) atoms. The van der Waals surface area contributed by atoms with Gasteiger partial charge in [-0.3, -0.25) is 0 Å². The molecule has 0 aliphatic rings. The summed E-state index contributed by atoms with van der Waals surface area (Å²) in [6, 6.07) is 2.82. The zero-order valence-electron chi connectivity index (χ0n) is 6.37. The Balaban J connectivity index is 0.000000461. The van der Waals surface area contributed by atoms with E-state index in [1.54, 1.807) is 0 Å². The van der Waals surface area contributed by atoms with E-state index in [-0.39, 0.29) is 0 Å². The molecule has 0 atom stereocenters. The normalized spacial score (nSPS) is 8.73. The van der Waals surface area contributed by atoms with Crippen LogP contribution in [0, 0.1) is 17.5 Å². The molecule has 0 amide bonds. The van der Waals surface area contributed by atoms with Crippen LogP contribution >= 0.6 is 0 Å². The molecule has 1 aromatic rings. The molecular weight excluding hydrogens is 169 g/mol. The van der Waals surface area contributed by atoms with Gasteiger partial charge in [-0.15, -0.1) is 0 Å². The second kappa shape index (κ2) is 4.95. The molecule has 1 rings (SSSR count). The van der Waals surface area contributed by atoms with E-state index in [9.17, 15) is 13.2 Å². The van der Waals surface area contributed by atoms with E-state index >= 15 is 0 Å². The molecule has 0 fully saturated rings. The van der Waals surface area contributed by atoms with Gasteiger partial charge in [0.15, 0.2) is 17.5 Å². The van der Waals surface area contributed by atoms with Crippen LogP contribution in [0.15, 0.2) is 18.2 Å². The van der Waals surface area contributed by atoms with Gasteiger partial charge in [-0.2, -0.15) is 0 Å². The topological polar surface area (TPSA) is 0 Å². The third-order valence-corrected chi connectivity index (χ3v) is 0.904. The molecule has 0 bridgehead atoms. The molecule has 0 aliphatic carbocycles. The maximum Gasteiger partial charge on any atom is 0.194 e. The zero-order valence-corrected chi connectivity index (χ0v) is 8.37. The lowest BCUT2D eigenvalue weighted by atomic mass is 10.3. The second-order valence-electron chi connectivity index (χ2n) is 1.54. The lowest BCUT2D eigenvalue weighted by molar-refractivity contribution is 0.447. The summed E-state index contributed by atoms with van der Waals surface area (Å²) in [7, 11) is 1.31. The van der Waals surface area contributed by atoms with E-state index in [1.807, 2.05) is 0 Å². The minimum absolute atomic E-state index is 0.860. The molecule has 62 valence electrons. The van der Waals surface area contributed by atoms with Gasteiger partial charge in [0.2, 0.25) is 0 Å². The Hall–Kier alpha value is -0.773. The quantitative estimate of drug-likeness (QED) is 0.417. The van der Waals surface area contributed by atoms with Gasteiger partial charge in [-0.25, -0.2) is 13.2 Å². The number of halogens is 3. The first kappa shape index (κ1) is 10.2. The number of rotatable bonds is 0. The maximum atomic E-state index is 12.0. The molecule has 0 heterocycles. The molecule has 0 N–H and O–H groups in total. The SMILES string of the molecule is C[SiH3].Fc1cccc(F)c1F. The largest absolute Gasteiger partial charge is 0.204 e. The Morgan fingerprint density at radius 2 is 1.36 bits per heavy atom. The first-order valence-electron chi connectivity index (χ1n) is 3.31. The van der Waals surface area contributed by atoms with E-state index in [0.29, 0.717) is 0 Å². The van der Waals surface area contributed by atoms with Crippen LogP contribution < -0.4 is 0 Å². The summed E-state index contributed by atoms with van der Waals surface area (Å²) in [5.41, 5.74) is 0. The third-order valence-electron chi connectivity index (χ3n) is 0.904. The minimum atomic E-state index is -1.42. The highest BCUT2D eigenvalue weighted by Gasteiger charge is 2.04. The molecule has 0 radical (unpaired) electrons. The maximum absolute atomic E-state index is 12.0. The van der Waals surface area contributed by atoms with Gasteiger partial charge in [0.1, 0.15) is 0 Å². The van der Waals surface area contributed by atoms with Crippen molar-refractivity contribution >= 4 is 10.2 Å². The first-order chi connectivity index (χ1) is 5.22. The Morgan fingerprint density at radius 3 is 1.64 bits per heavy atom. The average Bonchev–Trinajstić information content (AvgIpc) is 2.04. The summed E-state index contributed by atoms with van der Waals surface area (Å²) in [6.45, 7) is 2.14. The molecule has 0 aromatic heterocycles. The summed E-state index contributed by atoms with van der Waals surface area (Å²) < 4.78 is 35.9. The van der Waals surface area contributed by atoms with Crippen LogP contribution in [0.2, 0.25) is 6.55 Å². The van der Waals surface area contributed by atoms with Crippen LogP contribution in [0.25, 0.3) is 0 Å². The second-order valence-corrected chi connectivity index (χ2v) is 1.54. The third kappa shape index (κ3) is 2.75. The fourth-order valence-corrected chi connectivity index (χ4v) is 0.477. The van der Waals surface area contributed by atoms with E-state index in [2.05, 4.69) is 6.55 Å². The monoisotopic (exact) mass is 178 g/mol. The van der Waals surface area contributed by atoms with Crippen molar-refractivity contribution in [1.82, 2.24) is 0 Å². The lowest BCUT2D eigenvalue weighted by Crippen LogP contribution is -1.86. The molecule has 0 unspecified atom stereocenters. The van der Waals surface area contributed by atoms with Crippen LogP contribution in [-0.4, -0.2) is 10.2 Å². The van der Waals surface area contributed by atoms with Crippen molar-refractivity contribution in [1.29, 1.82) is 0 Å². The molecule has 0 nitrogen and oxygen atoms in total. The molecule has 1 aromatic carbocycles. The summed E-state index contributed by atoms with van der Waals surface area (Å²) >= 11 is 0. The predicted octanol–water partition coefficient (Wildman–Crippen LogP) is 1.50. The van der Waals surface area contributed by atoms with Gasteiger partial charge in [-0.1, -0.05) is 12.6 Å². The van der Waals surface area contributed by atoms with Crippen LogP contribution in [0.1, 0.15) is 0 Å². The molecule has 4 heteroatoms. The Labute approximate surface area is 66.5 Å². The van der Waals surface area contributed by atoms with Crippen molar-refractivity contribution < 1.29 is 13.2 Å².